The fourth-order valence-corrected chi connectivity index (χ4v) is 4.15. The highest BCUT2D eigenvalue weighted by molar-refractivity contribution is 5.77. The third-order valence-electron chi connectivity index (χ3n) is 5.88. The molecule has 4 nitrogen and oxygen atoms in total. The zero-order chi connectivity index (χ0) is 21.5. The maximum Gasteiger partial charge on any atom is 0.248 e. The van der Waals surface area contributed by atoms with Gasteiger partial charge < -0.3 is 9.64 Å². The predicted octanol–water partition coefficient (Wildman–Crippen LogP) is 4.45. The summed E-state index contributed by atoms with van der Waals surface area (Å²) in [5.74, 6) is 0.0715. The van der Waals surface area contributed by atoms with Crippen LogP contribution in [0.3, 0.4) is 0 Å². The molecule has 4 rings (SSSR count). The monoisotopic (exact) mass is 414 g/mol. The number of hydrogen-bond donors (Lipinski definition) is 0. The number of ether oxygens (including phenoxy) is 1. The number of benzene rings is 3. The van der Waals surface area contributed by atoms with Crippen LogP contribution in [0.15, 0.2) is 84.9 Å². The van der Waals surface area contributed by atoms with Crippen LogP contribution in [-0.4, -0.2) is 48.5 Å². The van der Waals surface area contributed by atoms with Crippen LogP contribution in [0.5, 0.6) is 0 Å². The van der Waals surface area contributed by atoms with Crippen LogP contribution in [0, 0.1) is 6.92 Å². The quantitative estimate of drug-likeness (QED) is 0.573. The Balaban J connectivity index is 1.36. The molecule has 0 N–H and O–H groups in total. The highest BCUT2D eigenvalue weighted by atomic mass is 16.5. The molecule has 1 heterocycles. The van der Waals surface area contributed by atoms with Gasteiger partial charge in [0.25, 0.3) is 0 Å². The molecule has 1 amide bonds. The maximum atomic E-state index is 12.6. The summed E-state index contributed by atoms with van der Waals surface area (Å²) in [6.07, 6.45) is 0. The van der Waals surface area contributed by atoms with Crippen molar-refractivity contribution in [1.82, 2.24) is 9.80 Å². The summed E-state index contributed by atoms with van der Waals surface area (Å²) in [7, 11) is 0. The standard InChI is InChI=1S/C27H30N2O2/c1-22-12-14-25(15-13-22)27(24-10-6-3-7-11-24)29-18-16-28(17-19-29)26(30)21-31-20-23-8-4-2-5-9-23/h2-15,27H,16-21H2,1H3/t27-/m0/s1. The highest BCUT2D eigenvalue weighted by Crippen LogP contribution is 2.29. The summed E-state index contributed by atoms with van der Waals surface area (Å²) in [6.45, 7) is 5.86. The summed E-state index contributed by atoms with van der Waals surface area (Å²) in [4.78, 5) is 17.0. The Morgan fingerprint density at radius 2 is 1.39 bits per heavy atom. The second-order valence-electron chi connectivity index (χ2n) is 8.12. The largest absolute Gasteiger partial charge is 0.367 e. The lowest BCUT2D eigenvalue weighted by atomic mass is 9.95. The van der Waals surface area contributed by atoms with Gasteiger partial charge in [0, 0.05) is 26.2 Å². The van der Waals surface area contributed by atoms with Gasteiger partial charge in [-0.25, -0.2) is 0 Å². The fraction of sp³-hybridized carbons (Fsp3) is 0.296. The number of nitrogens with zero attached hydrogens (tertiary/aromatic N) is 2. The number of carbonyl (C=O) groups is 1. The molecule has 0 bridgehead atoms. The number of aryl methyl sites for hydroxylation is 1. The lowest BCUT2D eigenvalue weighted by molar-refractivity contribution is -0.138. The van der Waals surface area contributed by atoms with Gasteiger partial charge in [-0.2, -0.15) is 0 Å². The Bertz CT molecular complexity index is 950. The molecule has 0 aromatic heterocycles. The van der Waals surface area contributed by atoms with E-state index in [0.717, 1.165) is 31.7 Å². The second kappa shape index (κ2) is 10.4. The molecule has 1 aliphatic rings. The lowest BCUT2D eigenvalue weighted by Gasteiger charge is -2.39. The number of hydrogen-bond acceptors (Lipinski definition) is 3. The van der Waals surface area contributed by atoms with Crippen LogP contribution in [-0.2, 0) is 16.1 Å². The molecule has 0 unspecified atom stereocenters. The second-order valence-corrected chi connectivity index (χ2v) is 8.12. The molecule has 4 heteroatoms. The molecule has 160 valence electrons. The zero-order valence-electron chi connectivity index (χ0n) is 18.1. The molecule has 1 fully saturated rings. The Morgan fingerprint density at radius 3 is 2.03 bits per heavy atom. The Kier molecular flexibility index (Phi) is 7.13. The Hall–Kier alpha value is -2.95. The van der Waals surface area contributed by atoms with E-state index in [1.54, 1.807) is 0 Å². The molecule has 1 saturated heterocycles. The van der Waals surface area contributed by atoms with Gasteiger partial charge in [-0.05, 0) is 23.6 Å². The van der Waals surface area contributed by atoms with E-state index in [0.29, 0.717) is 6.61 Å². The van der Waals surface area contributed by atoms with Crippen molar-refractivity contribution in [2.75, 3.05) is 32.8 Å². The van der Waals surface area contributed by atoms with E-state index in [9.17, 15) is 4.79 Å². The van der Waals surface area contributed by atoms with Crippen LogP contribution >= 0.6 is 0 Å². The summed E-state index contributed by atoms with van der Waals surface area (Å²) < 4.78 is 5.65. The first-order chi connectivity index (χ1) is 15.2. The third kappa shape index (κ3) is 5.60. The first-order valence-electron chi connectivity index (χ1n) is 11.0. The highest BCUT2D eigenvalue weighted by Gasteiger charge is 2.28. The van der Waals surface area contributed by atoms with Gasteiger partial charge in [0.15, 0.2) is 0 Å². The zero-order valence-corrected chi connectivity index (χ0v) is 18.1. The summed E-state index contributed by atoms with van der Waals surface area (Å²) in [6, 6.07) is 29.6. The minimum atomic E-state index is 0.0715. The van der Waals surface area contributed by atoms with E-state index in [1.165, 1.54) is 16.7 Å². The summed E-state index contributed by atoms with van der Waals surface area (Å²) in [5, 5.41) is 0. The summed E-state index contributed by atoms with van der Waals surface area (Å²) >= 11 is 0. The van der Waals surface area contributed by atoms with Gasteiger partial charge in [-0.3, -0.25) is 9.69 Å². The van der Waals surface area contributed by atoms with E-state index in [4.69, 9.17) is 4.74 Å². The van der Waals surface area contributed by atoms with E-state index < -0.39 is 0 Å². The molecule has 3 aromatic rings. The van der Waals surface area contributed by atoms with E-state index in [1.807, 2.05) is 35.2 Å². The maximum absolute atomic E-state index is 12.6. The molecule has 1 aliphatic heterocycles. The van der Waals surface area contributed by atoms with Gasteiger partial charge in [0.1, 0.15) is 6.61 Å². The Labute approximate surface area is 185 Å². The summed E-state index contributed by atoms with van der Waals surface area (Å²) in [5.41, 5.74) is 4.94. The molecule has 3 aromatic carbocycles. The van der Waals surface area contributed by atoms with Crippen molar-refractivity contribution >= 4 is 5.91 Å². The topological polar surface area (TPSA) is 32.8 Å². The number of rotatable bonds is 7. The first kappa shape index (κ1) is 21.3. The third-order valence-corrected chi connectivity index (χ3v) is 5.88. The van der Waals surface area contributed by atoms with Gasteiger partial charge in [-0.15, -0.1) is 0 Å². The van der Waals surface area contributed by atoms with Crippen molar-refractivity contribution in [1.29, 1.82) is 0 Å². The molecule has 0 saturated carbocycles. The lowest BCUT2D eigenvalue weighted by Crippen LogP contribution is -2.50. The Morgan fingerprint density at radius 1 is 0.806 bits per heavy atom. The van der Waals surface area contributed by atoms with Crippen molar-refractivity contribution in [2.24, 2.45) is 0 Å². The van der Waals surface area contributed by atoms with Gasteiger partial charge in [0.2, 0.25) is 5.91 Å². The van der Waals surface area contributed by atoms with Gasteiger partial charge in [-0.1, -0.05) is 90.5 Å². The molecular formula is C27H30N2O2. The van der Waals surface area contributed by atoms with Crippen molar-refractivity contribution in [3.8, 4) is 0 Å². The first-order valence-corrected chi connectivity index (χ1v) is 11.0. The van der Waals surface area contributed by atoms with E-state index in [2.05, 4.69) is 66.4 Å². The van der Waals surface area contributed by atoms with Crippen molar-refractivity contribution < 1.29 is 9.53 Å². The van der Waals surface area contributed by atoms with Gasteiger partial charge in [0.05, 0.1) is 12.6 Å². The van der Waals surface area contributed by atoms with E-state index >= 15 is 0 Å². The smallest absolute Gasteiger partial charge is 0.248 e. The van der Waals surface area contributed by atoms with Crippen LogP contribution in [0.25, 0.3) is 0 Å². The minimum absolute atomic E-state index is 0.0715. The van der Waals surface area contributed by atoms with Crippen LogP contribution < -0.4 is 0 Å². The average molecular weight is 415 g/mol. The fourth-order valence-electron chi connectivity index (χ4n) is 4.15. The SMILES string of the molecule is Cc1ccc([C@H](c2ccccc2)N2CCN(C(=O)COCc3ccccc3)CC2)cc1. The average Bonchev–Trinajstić information content (AvgIpc) is 2.82. The number of piperazine rings is 1. The molecule has 31 heavy (non-hydrogen) atoms. The number of amides is 1. The van der Waals surface area contributed by atoms with E-state index in [-0.39, 0.29) is 18.6 Å². The number of carbonyl (C=O) groups excluding carboxylic acids is 1. The van der Waals surface area contributed by atoms with Crippen molar-refractivity contribution in [3.63, 3.8) is 0 Å². The van der Waals surface area contributed by atoms with Crippen LogP contribution in [0.4, 0.5) is 0 Å². The molecule has 0 spiro atoms. The van der Waals surface area contributed by atoms with Crippen molar-refractivity contribution in [2.45, 2.75) is 19.6 Å². The van der Waals surface area contributed by atoms with Crippen LogP contribution in [0.1, 0.15) is 28.3 Å². The molecule has 1 atom stereocenters. The predicted molar refractivity (Wildman–Crippen MR) is 124 cm³/mol. The van der Waals surface area contributed by atoms with Crippen LogP contribution in [0.2, 0.25) is 0 Å². The van der Waals surface area contributed by atoms with Crippen molar-refractivity contribution in [3.05, 3.63) is 107 Å². The van der Waals surface area contributed by atoms with Gasteiger partial charge >= 0.3 is 0 Å². The molecular weight excluding hydrogens is 384 g/mol. The minimum Gasteiger partial charge on any atom is -0.367 e. The normalized spacial score (nSPS) is 15.6. The molecule has 0 radical (unpaired) electrons. The molecule has 0 aliphatic carbocycles.